The first-order chi connectivity index (χ1) is 11.7. The molecule has 5 heteroatoms. The van der Waals surface area contributed by atoms with E-state index in [1.54, 1.807) is 18.3 Å². The number of amides is 1. The first kappa shape index (κ1) is 16.5. The molecular weight excluding hydrogens is 302 g/mol. The highest BCUT2D eigenvalue weighted by Gasteiger charge is 2.21. The normalized spacial score (nSPS) is 15.4. The van der Waals surface area contributed by atoms with Crippen LogP contribution >= 0.6 is 0 Å². The molecule has 0 unspecified atom stereocenters. The van der Waals surface area contributed by atoms with Crippen LogP contribution in [0.4, 0.5) is 0 Å². The molecule has 1 N–H and O–H groups in total. The Morgan fingerprint density at radius 3 is 2.58 bits per heavy atom. The largest absolute Gasteiger partial charge is 0.508 e. The molecule has 24 heavy (non-hydrogen) atoms. The number of hydrogen-bond acceptors (Lipinski definition) is 4. The van der Waals surface area contributed by atoms with Gasteiger partial charge in [0.05, 0.1) is 0 Å². The van der Waals surface area contributed by atoms with E-state index in [0.29, 0.717) is 12.8 Å². The molecule has 3 rings (SSSR count). The Kier molecular flexibility index (Phi) is 5.43. The molecule has 0 saturated carbocycles. The monoisotopic (exact) mass is 325 g/mol. The van der Waals surface area contributed by atoms with Gasteiger partial charge in [0.2, 0.25) is 5.91 Å². The highest BCUT2D eigenvalue weighted by Crippen LogP contribution is 2.18. The summed E-state index contributed by atoms with van der Waals surface area (Å²) in [6.07, 6.45) is 4.70. The van der Waals surface area contributed by atoms with Crippen LogP contribution in [-0.2, 0) is 17.8 Å². The zero-order valence-electron chi connectivity index (χ0n) is 13.8. The Bertz CT molecular complexity index is 667. The second-order valence-electron chi connectivity index (χ2n) is 6.15. The lowest BCUT2D eigenvalue weighted by Crippen LogP contribution is -2.48. The number of phenols is 1. The molecule has 1 aromatic heterocycles. The van der Waals surface area contributed by atoms with Gasteiger partial charge in [-0.2, -0.15) is 0 Å². The van der Waals surface area contributed by atoms with Crippen molar-refractivity contribution in [3.05, 3.63) is 59.9 Å². The van der Waals surface area contributed by atoms with E-state index < -0.39 is 0 Å². The Hall–Kier alpha value is -2.40. The second kappa shape index (κ2) is 7.93. The standard InChI is InChI=1S/C19H23N3O2/c23-18-6-2-1-5-17(18)7-8-19(24)22-12-10-21(11-13-22)15-16-4-3-9-20-14-16/h1-6,9,14,23H,7-8,10-13,15H2. The minimum atomic E-state index is 0.166. The van der Waals surface area contributed by atoms with Crippen LogP contribution in [0.5, 0.6) is 5.75 Å². The Balaban J connectivity index is 1.44. The number of rotatable bonds is 5. The molecule has 0 radical (unpaired) electrons. The Labute approximate surface area is 142 Å². The van der Waals surface area contributed by atoms with Gasteiger partial charge in [0.1, 0.15) is 5.75 Å². The summed E-state index contributed by atoms with van der Waals surface area (Å²) in [6.45, 7) is 4.18. The van der Waals surface area contributed by atoms with Crippen molar-refractivity contribution in [2.24, 2.45) is 0 Å². The average molecular weight is 325 g/mol. The first-order valence-electron chi connectivity index (χ1n) is 8.38. The number of pyridine rings is 1. The van der Waals surface area contributed by atoms with Crippen molar-refractivity contribution in [2.45, 2.75) is 19.4 Å². The van der Waals surface area contributed by atoms with Crippen LogP contribution in [0.2, 0.25) is 0 Å². The molecule has 1 aliphatic rings. The molecular formula is C19H23N3O2. The molecule has 2 aromatic rings. The molecule has 1 amide bonds. The number of aryl methyl sites for hydroxylation is 1. The third-order valence-corrected chi connectivity index (χ3v) is 4.45. The summed E-state index contributed by atoms with van der Waals surface area (Å²) in [6, 6.07) is 11.2. The molecule has 0 atom stereocenters. The smallest absolute Gasteiger partial charge is 0.222 e. The first-order valence-corrected chi connectivity index (χ1v) is 8.38. The quantitative estimate of drug-likeness (QED) is 0.914. The molecule has 5 nitrogen and oxygen atoms in total. The van der Waals surface area contributed by atoms with Crippen LogP contribution in [0.15, 0.2) is 48.8 Å². The fourth-order valence-corrected chi connectivity index (χ4v) is 3.03. The summed E-state index contributed by atoms with van der Waals surface area (Å²) < 4.78 is 0. The summed E-state index contributed by atoms with van der Waals surface area (Å²) in [5, 5.41) is 9.77. The SMILES string of the molecule is O=C(CCc1ccccc1O)N1CCN(Cc2cccnc2)CC1. The number of piperazine rings is 1. The van der Waals surface area contributed by atoms with Gasteiger partial charge in [-0.3, -0.25) is 14.7 Å². The number of para-hydroxylation sites is 1. The van der Waals surface area contributed by atoms with Crippen molar-refractivity contribution in [1.82, 2.24) is 14.8 Å². The Morgan fingerprint density at radius 1 is 1.08 bits per heavy atom. The fourth-order valence-electron chi connectivity index (χ4n) is 3.03. The number of hydrogen-bond donors (Lipinski definition) is 1. The molecule has 0 spiro atoms. The lowest BCUT2D eigenvalue weighted by atomic mass is 10.1. The van der Waals surface area contributed by atoms with Gasteiger partial charge in [-0.1, -0.05) is 24.3 Å². The fraction of sp³-hybridized carbons (Fsp3) is 0.368. The van der Waals surface area contributed by atoms with Crippen LogP contribution in [0.1, 0.15) is 17.5 Å². The highest BCUT2D eigenvalue weighted by atomic mass is 16.3. The number of aromatic hydroxyl groups is 1. The maximum absolute atomic E-state index is 12.4. The molecule has 2 heterocycles. The van der Waals surface area contributed by atoms with E-state index in [-0.39, 0.29) is 11.7 Å². The van der Waals surface area contributed by atoms with Crippen LogP contribution in [0, 0.1) is 0 Å². The van der Waals surface area contributed by atoms with Crippen molar-refractivity contribution in [1.29, 1.82) is 0 Å². The van der Waals surface area contributed by atoms with E-state index in [0.717, 1.165) is 38.3 Å². The third kappa shape index (κ3) is 4.32. The Morgan fingerprint density at radius 2 is 1.88 bits per heavy atom. The molecule has 1 aliphatic heterocycles. The van der Waals surface area contributed by atoms with Gasteiger partial charge in [-0.05, 0) is 29.7 Å². The second-order valence-corrected chi connectivity index (χ2v) is 6.15. The third-order valence-electron chi connectivity index (χ3n) is 4.45. The predicted molar refractivity (Wildman–Crippen MR) is 92.5 cm³/mol. The number of phenolic OH excluding ortho intramolecular Hbond substituents is 1. The van der Waals surface area contributed by atoms with Crippen molar-refractivity contribution in [3.8, 4) is 5.75 Å². The lowest BCUT2D eigenvalue weighted by Gasteiger charge is -2.34. The van der Waals surface area contributed by atoms with Crippen LogP contribution in [0.25, 0.3) is 0 Å². The molecule has 1 saturated heterocycles. The van der Waals surface area contributed by atoms with Gasteiger partial charge in [-0.15, -0.1) is 0 Å². The van der Waals surface area contributed by atoms with E-state index in [4.69, 9.17) is 0 Å². The van der Waals surface area contributed by atoms with Crippen LogP contribution in [0.3, 0.4) is 0 Å². The van der Waals surface area contributed by atoms with E-state index in [1.807, 2.05) is 29.3 Å². The van der Waals surface area contributed by atoms with Gasteiger partial charge in [0.25, 0.3) is 0 Å². The van der Waals surface area contributed by atoms with E-state index in [9.17, 15) is 9.90 Å². The summed E-state index contributed by atoms with van der Waals surface area (Å²) in [5.74, 6) is 0.436. The molecule has 0 bridgehead atoms. The minimum absolute atomic E-state index is 0.166. The lowest BCUT2D eigenvalue weighted by molar-refractivity contribution is -0.133. The van der Waals surface area contributed by atoms with Crippen molar-refractivity contribution < 1.29 is 9.90 Å². The maximum atomic E-state index is 12.4. The summed E-state index contributed by atoms with van der Waals surface area (Å²) in [5.41, 5.74) is 2.04. The van der Waals surface area contributed by atoms with Gasteiger partial charge in [-0.25, -0.2) is 0 Å². The number of aromatic nitrogens is 1. The predicted octanol–water partition coefficient (Wildman–Crippen LogP) is 2.06. The number of carbonyl (C=O) groups excluding carboxylic acids is 1. The van der Waals surface area contributed by atoms with Crippen molar-refractivity contribution in [3.63, 3.8) is 0 Å². The summed E-state index contributed by atoms with van der Waals surface area (Å²) in [4.78, 5) is 20.8. The molecule has 0 aliphatic carbocycles. The van der Waals surface area contributed by atoms with Crippen LogP contribution in [-0.4, -0.2) is 52.0 Å². The zero-order chi connectivity index (χ0) is 16.8. The molecule has 126 valence electrons. The van der Waals surface area contributed by atoms with Gasteiger partial charge >= 0.3 is 0 Å². The average Bonchev–Trinajstić information content (AvgIpc) is 2.62. The topological polar surface area (TPSA) is 56.7 Å². The summed E-state index contributed by atoms with van der Waals surface area (Å²) in [7, 11) is 0. The zero-order valence-corrected chi connectivity index (χ0v) is 13.8. The van der Waals surface area contributed by atoms with Gasteiger partial charge in [0, 0.05) is 51.5 Å². The highest BCUT2D eigenvalue weighted by molar-refractivity contribution is 5.76. The summed E-state index contributed by atoms with van der Waals surface area (Å²) >= 11 is 0. The van der Waals surface area contributed by atoms with Crippen LogP contribution < -0.4 is 0 Å². The number of benzene rings is 1. The van der Waals surface area contributed by atoms with Gasteiger partial charge in [0.15, 0.2) is 0 Å². The van der Waals surface area contributed by atoms with E-state index >= 15 is 0 Å². The minimum Gasteiger partial charge on any atom is -0.508 e. The number of nitrogens with zero attached hydrogens (tertiary/aromatic N) is 3. The molecule has 1 fully saturated rings. The van der Waals surface area contributed by atoms with E-state index in [1.165, 1.54) is 5.56 Å². The van der Waals surface area contributed by atoms with Crippen molar-refractivity contribution >= 4 is 5.91 Å². The van der Waals surface area contributed by atoms with Gasteiger partial charge < -0.3 is 10.0 Å². The van der Waals surface area contributed by atoms with E-state index in [2.05, 4.69) is 16.0 Å². The van der Waals surface area contributed by atoms with Crippen molar-refractivity contribution in [2.75, 3.05) is 26.2 Å². The maximum Gasteiger partial charge on any atom is 0.222 e. The molecule has 1 aromatic carbocycles. The number of carbonyl (C=O) groups is 1.